The van der Waals surface area contributed by atoms with Gasteiger partial charge in [-0.2, -0.15) is 11.8 Å². The number of methoxy groups -OCH3 is 1. The number of hydrogen-bond acceptors (Lipinski definition) is 15. The summed E-state index contributed by atoms with van der Waals surface area (Å²) < 4.78 is 5.86. The topological polar surface area (TPSA) is 291 Å². The third-order valence-corrected chi connectivity index (χ3v) is 20.3. The van der Waals surface area contributed by atoms with E-state index < -0.39 is 161 Å². The molecule has 0 aliphatic carbocycles. The van der Waals surface area contributed by atoms with Crippen LogP contribution in [0.2, 0.25) is 0 Å². The molecule has 2 saturated heterocycles. The number of allylic oxidation sites excluding steroid dienone is 2. The number of aliphatic hydroxyl groups is 1. The van der Waals surface area contributed by atoms with Crippen LogP contribution in [-0.4, -0.2) is 275 Å². The van der Waals surface area contributed by atoms with E-state index in [1.165, 1.54) is 111 Å². The third-order valence-electron chi connectivity index (χ3n) is 19.2. The molecule has 5 N–H and O–H groups in total. The number of hydrogen-bond donors (Lipinski definition) is 5. The van der Waals surface area contributed by atoms with Crippen LogP contribution in [0, 0.1) is 35.5 Å². The summed E-state index contributed by atoms with van der Waals surface area (Å²) in [6.07, 6.45) is 5.77. The molecule has 11 amide bonds. The minimum absolute atomic E-state index is 0.000565. The molecule has 2 aliphatic rings. The largest absolute Gasteiger partial charge is 0.390 e. The molecule has 26 heteroatoms. The summed E-state index contributed by atoms with van der Waals surface area (Å²) in [7, 11) is 11.6. The van der Waals surface area contributed by atoms with Crippen molar-refractivity contribution in [1.82, 2.24) is 60.5 Å². The SMILES string of the molecule is C/C=C/C[C@@H](C)[C@@H](O)[C@H]1C(=O)N[C@@H](CC)C(=O)N(C)[C@H](CSCCCN2CCCC2)C(=O)N(C)[C@@H](CC(C)(C)OC)C(=O)N[C@@H](C(C)C)C(=O)N(C)[C@@H](CC(C)C)C(=O)N[C@@H](C)C(=O)N[C@H](C)C(=O)N(C)[C@@H](CC(C)C)C(=O)N(C)[C@@H](CC(C)C)C(=O)N(C)[C@@H](C(C)C)C(=O)N1C. The van der Waals surface area contributed by atoms with Gasteiger partial charge >= 0.3 is 0 Å². The van der Waals surface area contributed by atoms with Crippen molar-refractivity contribution in [3.05, 3.63) is 12.2 Å². The molecule has 0 bridgehead atoms. The second-order valence-corrected chi connectivity index (χ2v) is 31.0. The number of rotatable bonds is 22. The lowest BCUT2D eigenvalue weighted by Gasteiger charge is -2.41. The van der Waals surface area contributed by atoms with Gasteiger partial charge in [-0.15, -0.1) is 0 Å². The number of nitrogens with one attached hydrogen (secondary N) is 4. The average Bonchev–Trinajstić information content (AvgIpc) is 1.03. The molecule has 556 valence electrons. The summed E-state index contributed by atoms with van der Waals surface area (Å²) in [5.41, 5.74) is -1.04. The lowest BCUT2D eigenvalue weighted by molar-refractivity contribution is -0.157. The fourth-order valence-corrected chi connectivity index (χ4v) is 13.7. The minimum atomic E-state index is -1.64. The molecule has 97 heavy (non-hydrogen) atoms. The molecular formula is C71H128N12O13S. The Kier molecular flexibility index (Phi) is 36.3. The van der Waals surface area contributed by atoms with E-state index in [4.69, 9.17) is 4.74 Å². The number of nitrogens with zero attached hydrogens (tertiary/aromatic N) is 8. The van der Waals surface area contributed by atoms with Gasteiger partial charge in [-0.25, -0.2) is 0 Å². The maximum atomic E-state index is 15.6. The Labute approximate surface area is 586 Å². The molecular weight excluding hydrogens is 1260 g/mol. The number of carbonyl (C=O) groups is 11. The maximum Gasteiger partial charge on any atom is 0.246 e. The van der Waals surface area contributed by atoms with Crippen molar-refractivity contribution in [1.29, 1.82) is 0 Å². The number of amides is 11. The highest BCUT2D eigenvalue weighted by molar-refractivity contribution is 7.99. The molecule has 2 heterocycles. The van der Waals surface area contributed by atoms with E-state index in [0.717, 1.165) is 43.8 Å². The van der Waals surface area contributed by atoms with Crippen LogP contribution in [-0.2, 0) is 57.5 Å². The van der Waals surface area contributed by atoms with Gasteiger partial charge in [0.15, 0.2) is 0 Å². The van der Waals surface area contributed by atoms with Gasteiger partial charge in [-0.05, 0) is 147 Å². The van der Waals surface area contributed by atoms with E-state index in [0.29, 0.717) is 12.2 Å². The van der Waals surface area contributed by atoms with E-state index >= 15 is 33.6 Å². The summed E-state index contributed by atoms with van der Waals surface area (Å²) >= 11 is 1.46. The molecule has 0 aromatic heterocycles. The van der Waals surface area contributed by atoms with Crippen molar-refractivity contribution in [2.45, 2.75) is 254 Å². The predicted molar refractivity (Wildman–Crippen MR) is 381 cm³/mol. The van der Waals surface area contributed by atoms with Crippen LogP contribution >= 0.6 is 11.8 Å². The molecule has 0 spiro atoms. The Bertz CT molecular complexity index is 2650. The fourth-order valence-electron chi connectivity index (χ4n) is 12.6. The maximum absolute atomic E-state index is 15.6. The van der Waals surface area contributed by atoms with Crippen LogP contribution in [0.15, 0.2) is 12.2 Å². The Hall–Kier alpha value is -5.86. The van der Waals surface area contributed by atoms with Gasteiger partial charge < -0.3 is 70.3 Å². The zero-order valence-corrected chi connectivity index (χ0v) is 64.6. The second kappa shape index (κ2) is 40.4. The van der Waals surface area contributed by atoms with E-state index in [2.05, 4.69) is 26.2 Å². The molecule has 2 aliphatic heterocycles. The van der Waals surface area contributed by atoms with Crippen molar-refractivity contribution in [2.75, 3.05) is 87.6 Å². The van der Waals surface area contributed by atoms with Crippen molar-refractivity contribution in [2.24, 2.45) is 35.5 Å². The van der Waals surface area contributed by atoms with Crippen LogP contribution in [0.1, 0.15) is 175 Å². The van der Waals surface area contributed by atoms with E-state index in [-0.39, 0.29) is 55.6 Å². The van der Waals surface area contributed by atoms with Gasteiger partial charge in [0.2, 0.25) is 65.0 Å². The fraction of sp³-hybridized carbons (Fsp3) is 0.817. The smallest absolute Gasteiger partial charge is 0.246 e. The number of likely N-dealkylation sites (N-methyl/N-ethyl adjacent to an activating group) is 7. The van der Waals surface area contributed by atoms with E-state index in [1.807, 2.05) is 54.5 Å². The first-order valence-corrected chi connectivity index (χ1v) is 36.4. The Morgan fingerprint density at radius 3 is 1.48 bits per heavy atom. The molecule has 0 saturated carbocycles. The summed E-state index contributed by atoms with van der Waals surface area (Å²) in [4.78, 5) is 176. The highest BCUT2D eigenvalue weighted by atomic mass is 32.2. The Morgan fingerprint density at radius 2 is 0.990 bits per heavy atom. The Morgan fingerprint density at radius 1 is 0.536 bits per heavy atom. The zero-order chi connectivity index (χ0) is 74.4. The lowest BCUT2D eigenvalue weighted by atomic mass is 9.91. The first kappa shape index (κ1) is 87.2. The van der Waals surface area contributed by atoms with Crippen LogP contribution in [0.3, 0.4) is 0 Å². The van der Waals surface area contributed by atoms with Crippen LogP contribution < -0.4 is 21.3 Å². The standard InChI is InChI=1S/C71H128N12O13S/c1-26-28-32-47(13)59(84)58-63(88)74-50(27-2)65(90)80(22)55(41-97-36-31-35-83-33-29-30-34-83)68(93)79(21)54(40-71(16,17)96-25)62(87)75-56(45(9)10)69(94)76(18)51(37-42(3)4)61(86)72-48(14)60(85)73-49(15)64(89)77(19)52(38-43(5)6)66(91)78(20)53(39-44(7)8)67(92)81(23)57(46(11)12)70(95)82(58)24/h26,28,42-59,84H,27,29-41H2,1-25H3,(H,72,86)(H,73,85)(H,74,88)(H,75,87)/b28-26+/t47-,48+,49-,50+,51+,52+,53+,54+,55-,56+,57+,58+,59-/m1/s1. The first-order valence-electron chi connectivity index (χ1n) is 35.3. The monoisotopic (exact) mass is 1390 g/mol. The number of ether oxygens (including phenoxy) is 1. The summed E-state index contributed by atoms with van der Waals surface area (Å²) in [5.74, 6) is -9.11. The van der Waals surface area contributed by atoms with Crippen LogP contribution in [0.4, 0.5) is 0 Å². The predicted octanol–water partition coefficient (Wildman–Crippen LogP) is 4.63. The number of likely N-dealkylation sites (tertiary alicyclic amines) is 1. The second-order valence-electron chi connectivity index (χ2n) is 29.8. The summed E-state index contributed by atoms with van der Waals surface area (Å²) in [6.45, 7) is 32.6. The molecule has 0 aromatic rings. The number of aliphatic hydroxyl groups excluding tert-OH is 1. The van der Waals surface area contributed by atoms with Gasteiger partial charge in [0.1, 0.15) is 66.5 Å². The van der Waals surface area contributed by atoms with E-state index in [1.54, 1.807) is 61.5 Å². The molecule has 0 aromatic carbocycles. The zero-order valence-electron chi connectivity index (χ0n) is 63.8. The normalized spacial score (nSPS) is 27.0. The highest BCUT2D eigenvalue weighted by Gasteiger charge is 2.47. The molecule has 13 atom stereocenters. The van der Waals surface area contributed by atoms with Gasteiger partial charge in [-0.1, -0.05) is 95.2 Å². The first-order chi connectivity index (χ1) is 45.0. The molecule has 2 rings (SSSR count). The van der Waals surface area contributed by atoms with Gasteiger partial charge in [0.25, 0.3) is 0 Å². The van der Waals surface area contributed by atoms with Crippen molar-refractivity contribution in [3.63, 3.8) is 0 Å². The van der Waals surface area contributed by atoms with Crippen molar-refractivity contribution in [3.8, 4) is 0 Å². The van der Waals surface area contributed by atoms with Gasteiger partial charge in [0.05, 0.1) is 11.7 Å². The molecule has 25 nitrogen and oxygen atoms in total. The summed E-state index contributed by atoms with van der Waals surface area (Å²) in [5, 5.41) is 23.6. The van der Waals surface area contributed by atoms with Crippen LogP contribution in [0.5, 0.6) is 0 Å². The quantitative estimate of drug-likeness (QED) is 0.0730. The average molecular weight is 1390 g/mol. The molecule has 0 unspecified atom stereocenters. The molecule has 0 radical (unpaired) electrons. The van der Waals surface area contributed by atoms with Crippen molar-refractivity contribution >= 4 is 76.7 Å². The number of carbonyl (C=O) groups excluding carboxylic acids is 11. The van der Waals surface area contributed by atoms with Crippen molar-refractivity contribution < 1.29 is 62.6 Å². The van der Waals surface area contributed by atoms with Gasteiger partial charge in [0, 0.05) is 68.6 Å². The summed E-state index contributed by atoms with van der Waals surface area (Å²) in [6, 6.07) is -14.0. The third kappa shape index (κ3) is 25.1. The van der Waals surface area contributed by atoms with Crippen LogP contribution in [0.25, 0.3) is 0 Å². The van der Waals surface area contributed by atoms with E-state index in [9.17, 15) is 24.3 Å². The highest BCUT2D eigenvalue weighted by Crippen LogP contribution is 2.28. The Balaban J connectivity index is 3.13. The number of thioether (sulfide) groups is 1. The molecule has 2 fully saturated rings. The lowest BCUT2D eigenvalue weighted by Crippen LogP contribution is -2.64. The van der Waals surface area contributed by atoms with Gasteiger partial charge in [-0.3, -0.25) is 52.7 Å². The minimum Gasteiger partial charge on any atom is -0.390 e.